The molecule has 1 saturated heterocycles. The summed E-state index contributed by atoms with van der Waals surface area (Å²) in [4.78, 5) is 32.4. The van der Waals surface area contributed by atoms with Gasteiger partial charge in [0.05, 0.1) is 11.0 Å². The molecular weight excluding hydrogens is 384 g/mol. The Labute approximate surface area is 173 Å². The van der Waals surface area contributed by atoms with E-state index in [0.29, 0.717) is 31.0 Å². The second-order valence-corrected chi connectivity index (χ2v) is 7.95. The fourth-order valence-corrected chi connectivity index (χ4v) is 4.29. The van der Waals surface area contributed by atoms with Crippen molar-refractivity contribution in [3.8, 4) is 11.5 Å². The first kappa shape index (κ1) is 18.7. The Bertz CT molecular complexity index is 1150. The normalized spacial score (nSPS) is 19.2. The van der Waals surface area contributed by atoms with Crippen molar-refractivity contribution in [2.24, 2.45) is 0 Å². The summed E-state index contributed by atoms with van der Waals surface area (Å²) < 4.78 is 11.0. The SMILES string of the molecule is CC1CN(C(=O)CC(c2ccc3c(c2)OCO3)c2ccc3[nH]c(=O)[nH]c3c2)CCN1. The van der Waals surface area contributed by atoms with E-state index < -0.39 is 0 Å². The number of ether oxygens (including phenoxy) is 2. The maximum atomic E-state index is 13.2. The number of carbonyl (C=O) groups is 1. The molecule has 2 aromatic carbocycles. The van der Waals surface area contributed by atoms with Crippen molar-refractivity contribution in [3.05, 3.63) is 58.0 Å². The number of H-pyrrole nitrogens is 2. The number of fused-ring (bicyclic) bond motifs is 2. The zero-order valence-corrected chi connectivity index (χ0v) is 16.7. The van der Waals surface area contributed by atoms with Gasteiger partial charge in [0.25, 0.3) is 0 Å². The summed E-state index contributed by atoms with van der Waals surface area (Å²) in [5, 5.41) is 3.37. The number of rotatable bonds is 4. The van der Waals surface area contributed by atoms with Gasteiger partial charge in [-0.15, -0.1) is 0 Å². The number of benzene rings is 2. The average Bonchev–Trinajstić information content (AvgIpc) is 3.35. The van der Waals surface area contributed by atoms with E-state index in [1.165, 1.54) is 0 Å². The van der Waals surface area contributed by atoms with Crippen molar-refractivity contribution in [1.82, 2.24) is 20.2 Å². The van der Waals surface area contributed by atoms with Crippen LogP contribution in [0.2, 0.25) is 0 Å². The molecule has 8 heteroatoms. The minimum atomic E-state index is -0.243. The molecule has 8 nitrogen and oxygen atoms in total. The van der Waals surface area contributed by atoms with Crippen molar-refractivity contribution in [2.75, 3.05) is 26.4 Å². The molecule has 30 heavy (non-hydrogen) atoms. The van der Waals surface area contributed by atoms with Gasteiger partial charge in [-0.1, -0.05) is 12.1 Å². The zero-order valence-electron chi connectivity index (χ0n) is 16.7. The Morgan fingerprint density at radius 1 is 1.10 bits per heavy atom. The van der Waals surface area contributed by atoms with Crippen molar-refractivity contribution in [1.29, 1.82) is 0 Å². The third-order valence-corrected chi connectivity index (χ3v) is 5.84. The van der Waals surface area contributed by atoms with E-state index in [-0.39, 0.29) is 30.3 Å². The molecule has 0 saturated carbocycles. The summed E-state index contributed by atoms with van der Waals surface area (Å²) in [5.74, 6) is 1.36. The first-order valence-electron chi connectivity index (χ1n) is 10.2. The Morgan fingerprint density at radius 3 is 2.73 bits per heavy atom. The highest BCUT2D eigenvalue weighted by molar-refractivity contribution is 5.79. The lowest BCUT2D eigenvalue weighted by Gasteiger charge is -2.33. The number of hydrogen-bond acceptors (Lipinski definition) is 5. The highest BCUT2D eigenvalue weighted by Gasteiger charge is 2.27. The molecule has 2 aliphatic heterocycles. The highest BCUT2D eigenvalue weighted by Crippen LogP contribution is 2.38. The molecule has 2 unspecified atom stereocenters. The van der Waals surface area contributed by atoms with Gasteiger partial charge in [0.2, 0.25) is 12.7 Å². The Balaban J connectivity index is 1.51. The maximum absolute atomic E-state index is 13.2. The molecule has 2 aliphatic rings. The lowest BCUT2D eigenvalue weighted by atomic mass is 9.87. The molecular formula is C22H24N4O4. The van der Waals surface area contributed by atoms with Gasteiger partial charge in [-0.2, -0.15) is 0 Å². The van der Waals surface area contributed by atoms with Crippen LogP contribution in [0, 0.1) is 0 Å². The first-order chi connectivity index (χ1) is 14.6. The van der Waals surface area contributed by atoms with Crippen molar-refractivity contribution in [3.63, 3.8) is 0 Å². The van der Waals surface area contributed by atoms with Gasteiger partial charge < -0.3 is 29.7 Å². The van der Waals surface area contributed by atoms with Crippen LogP contribution in [0.4, 0.5) is 0 Å². The number of nitrogens with one attached hydrogen (secondary N) is 3. The van der Waals surface area contributed by atoms with E-state index in [4.69, 9.17) is 9.47 Å². The van der Waals surface area contributed by atoms with Gasteiger partial charge in [0, 0.05) is 38.0 Å². The van der Waals surface area contributed by atoms with Gasteiger partial charge in [-0.05, 0) is 42.3 Å². The largest absolute Gasteiger partial charge is 0.454 e. The molecule has 0 bridgehead atoms. The number of aromatic nitrogens is 2. The zero-order chi connectivity index (χ0) is 20.7. The Morgan fingerprint density at radius 2 is 1.87 bits per heavy atom. The maximum Gasteiger partial charge on any atom is 0.323 e. The average molecular weight is 408 g/mol. The van der Waals surface area contributed by atoms with Gasteiger partial charge in [0.15, 0.2) is 11.5 Å². The summed E-state index contributed by atoms with van der Waals surface area (Å²) in [6.45, 7) is 4.51. The molecule has 5 rings (SSSR count). The number of hydrogen-bond donors (Lipinski definition) is 3. The Hall–Kier alpha value is -3.26. The number of nitrogens with zero attached hydrogens (tertiary/aromatic N) is 1. The van der Waals surface area contributed by atoms with Gasteiger partial charge in [-0.3, -0.25) is 4.79 Å². The van der Waals surface area contributed by atoms with Crippen molar-refractivity contribution < 1.29 is 14.3 Å². The number of imidazole rings is 1. The molecule has 0 radical (unpaired) electrons. The molecule has 3 N–H and O–H groups in total. The van der Waals surface area contributed by atoms with Crippen LogP contribution in [0.15, 0.2) is 41.2 Å². The summed E-state index contributed by atoms with van der Waals surface area (Å²) in [6.07, 6.45) is 0.340. The summed E-state index contributed by atoms with van der Waals surface area (Å²) in [6, 6.07) is 11.9. The minimum Gasteiger partial charge on any atom is -0.454 e. The summed E-state index contributed by atoms with van der Waals surface area (Å²) >= 11 is 0. The molecule has 0 spiro atoms. The van der Waals surface area contributed by atoms with Gasteiger partial charge >= 0.3 is 5.69 Å². The van der Waals surface area contributed by atoms with Crippen LogP contribution in [0.25, 0.3) is 11.0 Å². The Kier molecular flexibility index (Phi) is 4.71. The van der Waals surface area contributed by atoms with E-state index in [1.807, 2.05) is 41.3 Å². The van der Waals surface area contributed by atoms with E-state index in [0.717, 1.165) is 28.7 Å². The second-order valence-electron chi connectivity index (χ2n) is 7.95. The van der Waals surface area contributed by atoms with Crippen LogP contribution in [0.3, 0.4) is 0 Å². The van der Waals surface area contributed by atoms with E-state index in [9.17, 15) is 9.59 Å². The molecule has 1 fully saturated rings. The van der Waals surface area contributed by atoms with Crippen LogP contribution in [-0.2, 0) is 4.79 Å². The summed E-state index contributed by atoms with van der Waals surface area (Å²) in [5.41, 5.74) is 3.18. The lowest BCUT2D eigenvalue weighted by Crippen LogP contribution is -2.51. The van der Waals surface area contributed by atoms with Gasteiger partial charge in [-0.25, -0.2) is 4.79 Å². The number of amides is 1. The van der Waals surface area contributed by atoms with E-state index >= 15 is 0 Å². The smallest absolute Gasteiger partial charge is 0.323 e. The molecule has 1 amide bonds. The molecule has 3 heterocycles. The number of carbonyl (C=O) groups excluding carboxylic acids is 1. The number of piperazine rings is 1. The van der Waals surface area contributed by atoms with Crippen LogP contribution < -0.4 is 20.5 Å². The minimum absolute atomic E-state index is 0.119. The van der Waals surface area contributed by atoms with Crippen LogP contribution in [0.1, 0.15) is 30.4 Å². The monoisotopic (exact) mass is 408 g/mol. The lowest BCUT2D eigenvalue weighted by molar-refractivity contribution is -0.132. The topological polar surface area (TPSA) is 99.4 Å². The second kappa shape index (κ2) is 7.53. The number of aromatic amines is 2. The van der Waals surface area contributed by atoms with Crippen molar-refractivity contribution in [2.45, 2.75) is 25.3 Å². The standard InChI is InChI=1S/C22H24N4O4/c1-13-11-26(7-6-23-13)21(27)10-16(15-3-5-19-20(9-15)30-12-29-19)14-2-4-17-18(8-14)25-22(28)24-17/h2-5,8-9,13,16,23H,6-7,10-12H2,1H3,(H2,24,25,28). The predicted octanol–water partition coefficient (Wildman–Crippen LogP) is 1.93. The summed E-state index contributed by atoms with van der Waals surface area (Å²) in [7, 11) is 0. The van der Waals surface area contributed by atoms with Crippen LogP contribution in [-0.4, -0.2) is 53.2 Å². The van der Waals surface area contributed by atoms with Gasteiger partial charge in [0.1, 0.15) is 0 Å². The van der Waals surface area contributed by atoms with E-state index in [2.05, 4.69) is 22.2 Å². The molecule has 156 valence electrons. The fraction of sp³-hybridized carbons (Fsp3) is 0.364. The molecule has 3 aromatic rings. The fourth-order valence-electron chi connectivity index (χ4n) is 4.29. The third kappa shape index (κ3) is 3.54. The first-order valence-corrected chi connectivity index (χ1v) is 10.2. The highest BCUT2D eigenvalue weighted by atomic mass is 16.7. The van der Waals surface area contributed by atoms with Crippen LogP contribution >= 0.6 is 0 Å². The van der Waals surface area contributed by atoms with Crippen molar-refractivity contribution >= 4 is 16.9 Å². The molecule has 2 atom stereocenters. The van der Waals surface area contributed by atoms with Crippen LogP contribution in [0.5, 0.6) is 11.5 Å². The predicted molar refractivity (Wildman–Crippen MR) is 112 cm³/mol. The quantitative estimate of drug-likeness (QED) is 0.613. The van der Waals surface area contributed by atoms with E-state index in [1.54, 1.807) is 0 Å². The third-order valence-electron chi connectivity index (χ3n) is 5.84. The molecule has 1 aromatic heterocycles. The molecule has 0 aliphatic carbocycles.